The van der Waals surface area contributed by atoms with E-state index in [9.17, 15) is 14.9 Å². The van der Waals surface area contributed by atoms with Gasteiger partial charge in [-0.25, -0.2) is 0 Å². The van der Waals surface area contributed by atoms with Gasteiger partial charge in [-0.1, -0.05) is 6.92 Å². The molecule has 1 aromatic rings. The van der Waals surface area contributed by atoms with Crippen LogP contribution in [0.3, 0.4) is 0 Å². The molecule has 0 aliphatic heterocycles. The average molecular weight is 265 g/mol. The van der Waals surface area contributed by atoms with E-state index in [0.29, 0.717) is 12.1 Å². The Balaban J connectivity index is 3.06. The van der Waals surface area contributed by atoms with Gasteiger partial charge in [0, 0.05) is 24.2 Å². The van der Waals surface area contributed by atoms with Gasteiger partial charge in [-0.05, 0) is 32.4 Å². The number of nitro groups is 1. The number of carbonyl (C=O) groups is 1. The summed E-state index contributed by atoms with van der Waals surface area (Å²) in [4.78, 5) is 24.2. The molecular weight excluding hydrogens is 246 g/mol. The molecule has 1 unspecified atom stereocenters. The van der Waals surface area contributed by atoms with Gasteiger partial charge in [-0.15, -0.1) is 0 Å². The van der Waals surface area contributed by atoms with Crippen molar-refractivity contribution in [2.24, 2.45) is 0 Å². The summed E-state index contributed by atoms with van der Waals surface area (Å²) in [5, 5.41) is 10.7. The molecule has 1 atom stereocenters. The second-order valence-electron chi connectivity index (χ2n) is 4.38. The average Bonchev–Trinajstić information content (AvgIpc) is 2.38. The monoisotopic (exact) mass is 265 g/mol. The lowest BCUT2D eigenvalue weighted by atomic mass is 10.1. The van der Waals surface area contributed by atoms with E-state index >= 15 is 0 Å². The molecule has 1 aromatic carbocycles. The lowest BCUT2D eigenvalue weighted by Gasteiger charge is -2.27. The summed E-state index contributed by atoms with van der Waals surface area (Å²) in [6.07, 6.45) is 0.849. The fourth-order valence-corrected chi connectivity index (χ4v) is 1.90. The Morgan fingerprint density at radius 3 is 2.53 bits per heavy atom. The molecule has 0 aliphatic carbocycles. The lowest BCUT2D eigenvalue weighted by Crippen LogP contribution is -2.38. The summed E-state index contributed by atoms with van der Waals surface area (Å²) < 4.78 is 0. The molecule has 0 aromatic heterocycles. The van der Waals surface area contributed by atoms with E-state index in [1.807, 2.05) is 20.8 Å². The molecule has 104 valence electrons. The van der Waals surface area contributed by atoms with Crippen LogP contribution in [-0.2, 0) is 0 Å². The summed E-state index contributed by atoms with van der Waals surface area (Å²) >= 11 is 0. The van der Waals surface area contributed by atoms with Crippen LogP contribution in [0.5, 0.6) is 0 Å². The third-order valence-electron chi connectivity index (χ3n) is 3.20. The first kappa shape index (κ1) is 14.9. The summed E-state index contributed by atoms with van der Waals surface area (Å²) in [5.74, 6) is -0.154. The van der Waals surface area contributed by atoms with Gasteiger partial charge in [0.1, 0.15) is 5.69 Å². The van der Waals surface area contributed by atoms with Crippen LogP contribution in [0.4, 0.5) is 11.4 Å². The number of nitrogens with zero attached hydrogens (tertiary/aromatic N) is 2. The first-order valence-corrected chi connectivity index (χ1v) is 6.27. The highest BCUT2D eigenvalue weighted by atomic mass is 16.6. The number of hydrogen-bond donors (Lipinski definition) is 1. The zero-order valence-corrected chi connectivity index (χ0v) is 11.4. The van der Waals surface area contributed by atoms with Crippen molar-refractivity contribution in [2.45, 2.75) is 33.2 Å². The molecule has 0 bridgehead atoms. The highest BCUT2D eigenvalue weighted by Crippen LogP contribution is 2.23. The molecule has 0 heterocycles. The van der Waals surface area contributed by atoms with Crippen LogP contribution in [0.15, 0.2) is 18.2 Å². The topological polar surface area (TPSA) is 89.5 Å². The van der Waals surface area contributed by atoms with E-state index in [1.165, 1.54) is 18.2 Å². The van der Waals surface area contributed by atoms with Crippen LogP contribution in [0, 0.1) is 10.1 Å². The quantitative estimate of drug-likeness (QED) is 0.503. The molecule has 2 N–H and O–H groups in total. The Labute approximate surface area is 112 Å². The van der Waals surface area contributed by atoms with Gasteiger partial charge < -0.3 is 10.6 Å². The zero-order valence-electron chi connectivity index (χ0n) is 11.4. The van der Waals surface area contributed by atoms with Gasteiger partial charge in [0.2, 0.25) is 0 Å². The predicted molar refractivity (Wildman–Crippen MR) is 74.0 cm³/mol. The van der Waals surface area contributed by atoms with Gasteiger partial charge in [-0.3, -0.25) is 14.9 Å². The third-order valence-corrected chi connectivity index (χ3v) is 3.20. The van der Waals surface area contributed by atoms with Crippen LogP contribution in [0.1, 0.15) is 37.6 Å². The van der Waals surface area contributed by atoms with Gasteiger partial charge >= 0.3 is 0 Å². The fourth-order valence-electron chi connectivity index (χ4n) is 1.90. The van der Waals surface area contributed by atoms with Crippen LogP contribution < -0.4 is 5.73 Å². The molecule has 1 rings (SSSR count). The minimum absolute atomic E-state index is 0.0102. The van der Waals surface area contributed by atoms with E-state index in [0.717, 1.165) is 6.42 Å². The Bertz CT molecular complexity index is 488. The van der Waals surface area contributed by atoms with Crippen LogP contribution in [0.2, 0.25) is 0 Å². The molecular formula is C13H19N3O3. The van der Waals surface area contributed by atoms with Crippen molar-refractivity contribution in [3.05, 3.63) is 33.9 Å². The summed E-state index contributed by atoms with van der Waals surface area (Å²) in [7, 11) is 0. The van der Waals surface area contributed by atoms with Crippen molar-refractivity contribution >= 4 is 17.3 Å². The molecule has 0 saturated heterocycles. The second-order valence-corrected chi connectivity index (χ2v) is 4.38. The summed E-state index contributed by atoms with van der Waals surface area (Å²) in [6, 6.07) is 4.20. The maximum Gasteiger partial charge on any atom is 0.292 e. The highest BCUT2D eigenvalue weighted by molar-refractivity contribution is 5.96. The number of rotatable bonds is 5. The van der Waals surface area contributed by atoms with E-state index in [4.69, 9.17) is 5.73 Å². The maximum absolute atomic E-state index is 12.3. The lowest BCUT2D eigenvalue weighted by molar-refractivity contribution is -0.383. The van der Waals surface area contributed by atoms with Crippen LogP contribution in [-0.4, -0.2) is 28.3 Å². The van der Waals surface area contributed by atoms with E-state index < -0.39 is 4.92 Å². The summed E-state index contributed by atoms with van der Waals surface area (Å²) in [5.41, 5.74) is 5.81. The molecule has 0 saturated carbocycles. The number of anilines is 1. The molecule has 6 nitrogen and oxygen atoms in total. The van der Waals surface area contributed by atoms with Gasteiger partial charge in [0.05, 0.1) is 4.92 Å². The largest absolute Gasteiger partial charge is 0.393 e. The van der Waals surface area contributed by atoms with Crippen molar-refractivity contribution in [3.8, 4) is 0 Å². The Morgan fingerprint density at radius 2 is 2.11 bits per heavy atom. The van der Waals surface area contributed by atoms with Crippen LogP contribution in [0.25, 0.3) is 0 Å². The zero-order chi connectivity index (χ0) is 14.6. The Kier molecular flexibility index (Phi) is 4.86. The number of nitrogen functional groups attached to an aromatic ring is 1. The molecule has 0 spiro atoms. The maximum atomic E-state index is 12.3. The van der Waals surface area contributed by atoms with Crippen molar-refractivity contribution in [3.63, 3.8) is 0 Å². The first-order valence-electron chi connectivity index (χ1n) is 6.27. The molecule has 0 aliphatic rings. The van der Waals surface area contributed by atoms with Gasteiger partial charge in [0.15, 0.2) is 0 Å². The van der Waals surface area contributed by atoms with E-state index in [2.05, 4.69) is 0 Å². The van der Waals surface area contributed by atoms with Crippen LogP contribution >= 0.6 is 0 Å². The first-order chi connectivity index (χ1) is 8.92. The number of amides is 1. The smallest absolute Gasteiger partial charge is 0.292 e. The van der Waals surface area contributed by atoms with Gasteiger partial charge in [0.25, 0.3) is 11.6 Å². The SMILES string of the molecule is CCC(C)N(CC)C(=O)c1ccc([N+](=O)[O-])c(N)c1. The van der Waals surface area contributed by atoms with Crippen molar-refractivity contribution in [1.82, 2.24) is 4.90 Å². The molecule has 0 radical (unpaired) electrons. The standard InChI is InChI=1S/C13H19N3O3/c1-4-9(3)15(5-2)13(17)10-6-7-12(16(18)19)11(14)8-10/h6-9H,4-5,14H2,1-3H3. The summed E-state index contributed by atoms with van der Waals surface area (Å²) in [6.45, 7) is 6.46. The van der Waals surface area contributed by atoms with Crippen molar-refractivity contribution < 1.29 is 9.72 Å². The highest BCUT2D eigenvalue weighted by Gasteiger charge is 2.21. The number of nitrogens with two attached hydrogens (primary N) is 1. The van der Waals surface area contributed by atoms with Gasteiger partial charge in [-0.2, -0.15) is 0 Å². The van der Waals surface area contributed by atoms with E-state index in [-0.39, 0.29) is 23.3 Å². The number of carbonyl (C=O) groups excluding carboxylic acids is 1. The second kappa shape index (κ2) is 6.17. The fraction of sp³-hybridized carbons (Fsp3) is 0.462. The molecule has 6 heteroatoms. The minimum Gasteiger partial charge on any atom is -0.393 e. The molecule has 0 fully saturated rings. The Hall–Kier alpha value is -2.11. The normalized spacial score (nSPS) is 11.9. The third kappa shape index (κ3) is 3.21. The number of benzene rings is 1. The number of nitro benzene ring substituents is 1. The van der Waals surface area contributed by atoms with Crippen molar-refractivity contribution in [2.75, 3.05) is 12.3 Å². The minimum atomic E-state index is -0.560. The number of hydrogen-bond acceptors (Lipinski definition) is 4. The Morgan fingerprint density at radius 1 is 1.47 bits per heavy atom. The van der Waals surface area contributed by atoms with Crippen molar-refractivity contribution in [1.29, 1.82) is 0 Å². The van der Waals surface area contributed by atoms with E-state index in [1.54, 1.807) is 4.90 Å². The molecule has 1 amide bonds. The predicted octanol–water partition coefficient (Wildman–Crippen LogP) is 2.44. The molecule has 19 heavy (non-hydrogen) atoms.